The number of benzene rings is 2. The van der Waals surface area contributed by atoms with Crippen LogP contribution in [0.25, 0.3) is 11.3 Å². The van der Waals surface area contributed by atoms with Crippen LogP contribution in [0.1, 0.15) is 15.9 Å². The average molecular weight is 338 g/mol. The van der Waals surface area contributed by atoms with E-state index < -0.39 is 0 Å². The van der Waals surface area contributed by atoms with Gasteiger partial charge in [-0.15, -0.1) is 5.10 Å². The van der Waals surface area contributed by atoms with Gasteiger partial charge in [0, 0.05) is 12.1 Å². The number of nitrogens with one attached hydrogen (secondary N) is 1. The summed E-state index contributed by atoms with van der Waals surface area (Å²) in [5.74, 6) is -0.384. The first-order valence-electron chi connectivity index (χ1n) is 7.52. The summed E-state index contributed by atoms with van der Waals surface area (Å²) < 4.78 is 18.0. The summed E-state index contributed by atoms with van der Waals surface area (Å²) in [6.07, 6.45) is 1.48. The van der Waals surface area contributed by atoms with E-state index in [0.29, 0.717) is 29.3 Å². The summed E-state index contributed by atoms with van der Waals surface area (Å²) in [5.41, 5.74) is 2.57. The molecule has 126 valence electrons. The van der Waals surface area contributed by atoms with Gasteiger partial charge < -0.3 is 10.1 Å². The zero-order chi connectivity index (χ0) is 17.6. The number of ether oxygens (including phenoxy) is 1. The normalized spacial score (nSPS) is 10.3. The number of halogens is 1. The van der Waals surface area contributed by atoms with Gasteiger partial charge >= 0.3 is 5.97 Å². The Bertz CT molecular complexity index is 884. The van der Waals surface area contributed by atoms with E-state index in [-0.39, 0.29) is 11.8 Å². The molecule has 0 saturated heterocycles. The van der Waals surface area contributed by atoms with Crippen LogP contribution in [0.2, 0.25) is 0 Å². The third-order valence-electron chi connectivity index (χ3n) is 3.50. The maximum absolute atomic E-state index is 13.3. The Morgan fingerprint density at radius 3 is 2.72 bits per heavy atom. The number of carbonyl (C=O) groups is 1. The molecule has 1 heterocycles. The molecule has 0 aliphatic carbocycles. The van der Waals surface area contributed by atoms with Crippen LogP contribution in [0.3, 0.4) is 0 Å². The Hall–Kier alpha value is -3.35. The molecule has 25 heavy (non-hydrogen) atoms. The number of methoxy groups -OCH3 is 1. The molecule has 0 radical (unpaired) electrons. The second-order valence-electron chi connectivity index (χ2n) is 5.22. The zero-order valence-corrected chi connectivity index (χ0v) is 13.4. The highest BCUT2D eigenvalue weighted by atomic mass is 19.1. The first-order valence-corrected chi connectivity index (χ1v) is 7.52. The van der Waals surface area contributed by atoms with Crippen LogP contribution in [0.5, 0.6) is 0 Å². The molecule has 6 nitrogen and oxygen atoms in total. The zero-order valence-electron chi connectivity index (χ0n) is 13.4. The van der Waals surface area contributed by atoms with Crippen molar-refractivity contribution in [3.8, 4) is 11.3 Å². The summed E-state index contributed by atoms with van der Waals surface area (Å²) in [6, 6.07) is 13.1. The number of nitrogens with zero attached hydrogens (tertiary/aromatic N) is 3. The van der Waals surface area contributed by atoms with Crippen LogP contribution in [-0.4, -0.2) is 28.3 Å². The van der Waals surface area contributed by atoms with E-state index in [2.05, 4.69) is 25.2 Å². The number of esters is 1. The lowest BCUT2D eigenvalue weighted by Crippen LogP contribution is -2.06. The van der Waals surface area contributed by atoms with Crippen LogP contribution in [0.4, 0.5) is 10.3 Å². The van der Waals surface area contributed by atoms with Crippen LogP contribution in [0, 0.1) is 5.82 Å². The standard InChI is InChI=1S/C18H15FN4O2/c1-25-17(24)13-7-5-12(6-8-13)10-20-18-22-16(11-21-23-18)14-3-2-4-15(19)9-14/h2-9,11H,10H2,1H3,(H,20,22,23). The van der Waals surface area contributed by atoms with Gasteiger partial charge in [-0.1, -0.05) is 24.3 Å². The smallest absolute Gasteiger partial charge is 0.337 e. The van der Waals surface area contributed by atoms with E-state index in [9.17, 15) is 9.18 Å². The number of anilines is 1. The summed E-state index contributed by atoms with van der Waals surface area (Å²) in [7, 11) is 1.34. The largest absolute Gasteiger partial charge is 0.465 e. The minimum Gasteiger partial charge on any atom is -0.465 e. The maximum Gasteiger partial charge on any atom is 0.337 e. The number of rotatable bonds is 5. The van der Waals surface area contributed by atoms with Crippen LogP contribution in [-0.2, 0) is 11.3 Å². The fourth-order valence-corrected chi connectivity index (χ4v) is 2.22. The van der Waals surface area contributed by atoms with Crippen molar-refractivity contribution in [3.63, 3.8) is 0 Å². The predicted octanol–water partition coefficient (Wildman–Crippen LogP) is 3.08. The van der Waals surface area contributed by atoms with Crippen molar-refractivity contribution in [1.29, 1.82) is 0 Å². The van der Waals surface area contributed by atoms with Gasteiger partial charge in [0.15, 0.2) is 0 Å². The minimum absolute atomic E-state index is 0.332. The highest BCUT2D eigenvalue weighted by Gasteiger charge is 2.06. The van der Waals surface area contributed by atoms with Crippen molar-refractivity contribution < 1.29 is 13.9 Å². The molecule has 0 saturated carbocycles. The van der Waals surface area contributed by atoms with Crippen molar-refractivity contribution in [1.82, 2.24) is 15.2 Å². The van der Waals surface area contributed by atoms with E-state index in [0.717, 1.165) is 5.56 Å². The van der Waals surface area contributed by atoms with Crippen molar-refractivity contribution in [2.45, 2.75) is 6.54 Å². The Balaban J connectivity index is 1.69. The van der Waals surface area contributed by atoms with Crippen molar-refractivity contribution in [2.24, 2.45) is 0 Å². The van der Waals surface area contributed by atoms with Gasteiger partial charge in [-0.3, -0.25) is 0 Å². The highest BCUT2D eigenvalue weighted by molar-refractivity contribution is 5.89. The summed E-state index contributed by atoms with van der Waals surface area (Å²) in [6.45, 7) is 0.454. The van der Waals surface area contributed by atoms with E-state index >= 15 is 0 Å². The van der Waals surface area contributed by atoms with Crippen molar-refractivity contribution in [2.75, 3.05) is 12.4 Å². The fraction of sp³-hybridized carbons (Fsp3) is 0.111. The van der Waals surface area contributed by atoms with Gasteiger partial charge in [-0.25, -0.2) is 14.2 Å². The average Bonchev–Trinajstić information content (AvgIpc) is 2.66. The molecule has 1 aromatic heterocycles. The third-order valence-corrected chi connectivity index (χ3v) is 3.50. The number of carbonyl (C=O) groups excluding carboxylic acids is 1. The molecule has 0 amide bonds. The van der Waals surface area contributed by atoms with Crippen LogP contribution in [0.15, 0.2) is 54.7 Å². The van der Waals surface area contributed by atoms with Gasteiger partial charge in [0.05, 0.1) is 24.6 Å². The Kier molecular flexibility index (Phi) is 4.94. The lowest BCUT2D eigenvalue weighted by molar-refractivity contribution is 0.0600. The molecule has 3 rings (SSSR count). The highest BCUT2D eigenvalue weighted by Crippen LogP contribution is 2.17. The molecule has 0 spiro atoms. The Labute approximate surface area is 143 Å². The molecule has 1 N–H and O–H groups in total. The van der Waals surface area contributed by atoms with Crippen LogP contribution < -0.4 is 5.32 Å². The SMILES string of the molecule is COC(=O)c1ccc(CNc2nncc(-c3cccc(F)c3)n2)cc1. The maximum atomic E-state index is 13.3. The molecular weight excluding hydrogens is 323 g/mol. The predicted molar refractivity (Wildman–Crippen MR) is 90.3 cm³/mol. The molecule has 2 aromatic carbocycles. The molecular formula is C18H15FN4O2. The molecule has 0 fully saturated rings. The quantitative estimate of drug-likeness (QED) is 0.721. The molecule has 0 bridgehead atoms. The number of hydrogen-bond donors (Lipinski definition) is 1. The number of hydrogen-bond acceptors (Lipinski definition) is 6. The molecule has 7 heteroatoms. The summed E-state index contributed by atoms with van der Waals surface area (Å²) in [4.78, 5) is 15.7. The first kappa shape index (κ1) is 16.5. The fourth-order valence-electron chi connectivity index (χ4n) is 2.22. The first-order chi connectivity index (χ1) is 12.2. The van der Waals surface area contributed by atoms with Gasteiger partial charge in [0.25, 0.3) is 0 Å². The van der Waals surface area contributed by atoms with Gasteiger partial charge in [-0.2, -0.15) is 5.10 Å². The monoisotopic (exact) mass is 338 g/mol. The Morgan fingerprint density at radius 2 is 2.00 bits per heavy atom. The second-order valence-corrected chi connectivity index (χ2v) is 5.22. The number of aromatic nitrogens is 3. The van der Waals surface area contributed by atoms with Crippen molar-refractivity contribution >= 4 is 11.9 Å². The van der Waals surface area contributed by atoms with Gasteiger partial charge in [0.2, 0.25) is 5.95 Å². The topological polar surface area (TPSA) is 77.0 Å². The van der Waals surface area contributed by atoms with E-state index in [1.165, 1.54) is 25.4 Å². The molecule has 0 unspecified atom stereocenters. The van der Waals surface area contributed by atoms with E-state index in [1.807, 2.05) is 12.1 Å². The second kappa shape index (κ2) is 7.48. The molecule has 3 aromatic rings. The van der Waals surface area contributed by atoms with E-state index in [1.54, 1.807) is 24.3 Å². The van der Waals surface area contributed by atoms with Crippen molar-refractivity contribution in [3.05, 3.63) is 71.7 Å². The third kappa shape index (κ3) is 4.14. The molecule has 0 aliphatic heterocycles. The van der Waals surface area contributed by atoms with Gasteiger partial charge in [0.1, 0.15) is 5.82 Å². The minimum atomic E-state index is -0.380. The summed E-state index contributed by atoms with van der Waals surface area (Å²) in [5, 5.41) is 10.9. The lowest BCUT2D eigenvalue weighted by atomic mass is 10.1. The Morgan fingerprint density at radius 1 is 1.20 bits per heavy atom. The summed E-state index contributed by atoms with van der Waals surface area (Å²) >= 11 is 0. The van der Waals surface area contributed by atoms with Crippen LogP contribution >= 0.6 is 0 Å². The lowest BCUT2D eigenvalue weighted by Gasteiger charge is -2.07. The molecule has 0 atom stereocenters. The molecule has 0 aliphatic rings. The van der Waals surface area contributed by atoms with E-state index in [4.69, 9.17) is 0 Å². The van der Waals surface area contributed by atoms with Gasteiger partial charge in [-0.05, 0) is 29.8 Å².